The minimum atomic E-state index is 1.05. The van der Waals surface area contributed by atoms with Crippen LogP contribution in [0.2, 0.25) is 0 Å². The van der Waals surface area contributed by atoms with Gasteiger partial charge >= 0.3 is 0 Å². The van der Waals surface area contributed by atoms with Gasteiger partial charge in [0.25, 0.3) is 0 Å². The Morgan fingerprint density at radius 1 is 1.62 bits per heavy atom. The molecule has 0 N–H and O–H groups in total. The molecular weight excluding hydrogens is 186 g/mol. The lowest BCUT2D eigenvalue weighted by Gasteiger charge is -2.05. The molecule has 1 aliphatic heterocycles. The molecular formula is C5H8BrNS. The summed E-state index contributed by atoms with van der Waals surface area (Å²) >= 11 is 5.27. The third-order valence-electron chi connectivity index (χ3n) is 1.27. The van der Waals surface area contributed by atoms with Crippen LogP contribution < -0.4 is 0 Å². The van der Waals surface area contributed by atoms with Crippen molar-refractivity contribution in [2.45, 2.75) is 13.8 Å². The summed E-state index contributed by atoms with van der Waals surface area (Å²) < 4.78 is 2.08. The molecule has 0 aromatic rings. The maximum atomic E-state index is 3.40. The van der Waals surface area contributed by atoms with E-state index in [4.69, 9.17) is 0 Å². The van der Waals surface area contributed by atoms with Crippen LogP contribution in [0.15, 0.2) is 10.6 Å². The predicted octanol–water partition coefficient (Wildman–Crippen LogP) is 2.55. The normalized spacial score (nSPS) is 20.6. The van der Waals surface area contributed by atoms with Crippen LogP contribution in [0, 0.1) is 0 Å². The van der Waals surface area contributed by atoms with Gasteiger partial charge in [0, 0.05) is 10.6 Å². The molecule has 1 aliphatic rings. The van der Waals surface area contributed by atoms with E-state index in [-0.39, 0.29) is 0 Å². The van der Waals surface area contributed by atoms with Crippen LogP contribution in [0.5, 0.6) is 0 Å². The van der Waals surface area contributed by atoms with E-state index in [2.05, 4.69) is 33.9 Å². The van der Waals surface area contributed by atoms with Crippen LogP contribution in [-0.4, -0.2) is 9.80 Å². The topological polar surface area (TPSA) is 3.24 Å². The highest BCUT2D eigenvalue weighted by atomic mass is 79.9. The Labute approximate surface area is 62.5 Å². The SMILES string of the molecule is CC1=C(C)N(Br)CS1. The van der Waals surface area contributed by atoms with Crippen LogP contribution in [0.1, 0.15) is 13.8 Å². The van der Waals surface area contributed by atoms with Crippen LogP contribution in [0.3, 0.4) is 0 Å². The van der Waals surface area contributed by atoms with E-state index in [0.29, 0.717) is 0 Å². The summed E-state index contributed by atoms with van der Waals surface area (Å²) in [6, 6.07) is 0. The maximum Gasteiger partial charge on any atom is 0.0791 e. The first-order chi connectivity index (χ1) is 3.72. The van der Waals surface area contributed by atoms with E-state index in [1.165, 1.54) is 10.6 Å². The molecule has 3 heteroatoms. The summed E-state index contributed by atoms with van der Waals surface area (Å²) in [5, 5.41) is 0. The summed E-state index contributed by atoms with van der Waals surface area (Å²) in [6.07, 6.45) is 0. The molecule has 1 heterocycles. The summed E-state index contributed by atoms with van der Waals surface area (Å²) in [7, 11) is 0. The third kappa shape index (κ3) is 1.03. The van der Waals surface area contributed by atoms with Crippen LogP contribution >= 0.6 is 27.9 Å². The molecule has 0 aromatic heterocycles. The number of halogens is 1. The summed E-state index contributed by atoms with van der Waals surface area (Å²) in [5.41, 5.74) is 1.34. The standard InChI is InChI=1S/C5H8BrNS/c1-4-5(2)8-3-7(4)6/h3H2,1-2H3. The summed E-state index contributed by atoms with van der Waals surface area (Å²) in [5.74, 6) is 1.05. The van der Waals surface area contributed by atoms with Crippen molar-refractivity contribution in [2.75, 3.05) is 5.88 Å². The van der Waals surface area contributed by atoms with Crippen molar-refractivity contribution in [3.05, 3.63) is 10.6 Å². The number of allylic oxidation sites excluding steroid dienone is 2. The fraction of sp³-hybridized carbons (Fsp3) is 0.600. The Morgan fingerprint density at radius 2 is 2.25 bits per heavy atom. The molecule has 0 fully saturated rings. The molecule has 0 saturated heterocycles. The fourth-order valence-corrected chi connectivity index (χ4v) is 2.04. The van der Waals surface area contributed by atoms with Gasteiger partial charge in [-0.2, -0.15) is 0 Å². The second kappa shape index (κ2) is 2.31. The van der Waals surface area contributed by atoms with E-state index < -0.39 is 0 Å². The maximum absolute atomic E-state index is 3.40. The average molecular weight is 194 g/mol. The molecule has 0 atom stereocenters. The molecule has 0 spiro atoms. The van der Waals surface area contributed by atoms with E-state index in [1.54, 1.807) is 0 Å². The van der Waals surface area contributed by atoms with E-state index >= 15 is 0 Å². The Balaban J connectivity index is 2.71. The van der Waals surface area contributed by atoms with E-state index in [0.717, 1.165) is 5.88 Å². The van der Waals surface area contributed by atoms with Crippen molar-refractivity contribution in [1.82, 2.24) is 3.93 Å². The molecule has 0 unspecified atom stereocenters. The first kappa shape index (κ1) is 6.49. The molecule has 0 bridgehead atoms. The van der Waals surface area contributed by atoms with Crippen molar-refractivity contribution in [2.24, 2.45) is 0 Å². The molecule has 0 aromatic carbocycles. The molecule has 46 valence electrons. The van der Waals surface area contributed by atoms with E-state index in [9.17, 15) is 0 Å². The Kier molecular flexibility index (Phi) is 1.88. The smallest absolute Gasteiger partial charge is 0.0791 e. The monoisotopic (exact) mass is 193 g/mol. The molecule has 1 nitrogen and oxygen atoms in total. The molecule has 0 radical (unpaired) electrons. The van der Waals surface area contributed by atoms with Gasteiger partial charge in [-0.25, -0.2) is 0 Å². The Bertz CT molecular complexity index is 132. The lowest BCUT2D eigenvalue weighted by molar-refractivity contribution is 0.714. The predicted molar refractivity (Wildman–Crippen MR) is 41.6 cm³/mol. The second-order valence-electron chi connectivity index (χ2n) is 1.78. The molecule has 0 saturated carbocycles. The number of rotatable bonds is 0. The van der Waals surface area contributed by atoms with Crippen molar-refractivity contribution in [1.29, 1.82) is 0 Å². The first-order valence-electron chi connectivity index (χ1n) is 2.45. The van der Waals surface area contributed by atoms with Gasteiger partial charge in [0.1, 0.15) is 0 Å². The van der Waals surface area contributed by atoms with Gasteiger partial charge in [-0.05, 0) is 13.8 Å². The summed E-state index contributed by atoms with van der Waals surface area (Å²) in [4.78, 5) is 1.42. The van der Waals surface area contributed by atoms with Gasteiger partial charge in [0.15, 0.2) is 0 Å². The zero-order valence-electron chi connectivity index (χ0n) is 4.94. The number of hydrogen-bond donors (Lipinski definition) is 0. The van der Waals surface area contributed by atoms with Gasteiger partial charge in [-0.1, -0.05) is 0 Å². The Morgan fingerprint density at radius 3 is 2.38 bits per heavy atom. The third-order valence-corrected chi connectivity index (χ3v) is 3.50. The lowest BCUT2D eigenvalue weighted by atomic mass is 10.5. The Hall–Kier alpha value is 0.370. The van der Waals surface area contributed by atoms with Crippen LogP contribution in [-0.2, 0) is 0 Å². The zero-order chi connectivity index (χ0) is 6.15. The largest absolute Gasteiger partial charge is 0.302 e. The quantitative estimate of drug-likeness (QED) is 0.545. The highest BCUT2D eigenvalue weighted by Crippen LogP contribution is 2.32. The van der Waals surface area contributed by atoms with E-state index in [1.807, 2.05) is 11.8 Å². The minimum Gasteiger partial charge on any atom is -0.302 e. The highest BCUT2D eigenvalue weighted by molar-refractivity contribution is 9.07. The molecule has 0 amide bonds. The zero-order valence-corrected chi connectivity index (χ0v) is 7.34. The van der Waals surface area contributed by atoms with Gasteiger partial charge < -0.3 is 3.93 Å². The van der Waals surface area contributed by atoms with Gasteiger partial charge in [0.05, 0.1) is 22.0 Å². The van der Waals surface area contributed by atoms with Gasteiger partial charge in [-0.3, -0.25) is 0 Å². The van der Waals surface area contributed by atoms with Crippen molar-refractivity contribution in [3.63, 3.8) is 0 Å². The number of thioether (sulfide) groups is 1. The lowest BCUT2D eigenvalue weighted by Crippen LogP contribution is -2.00. The van der Waals surface area contributed by atoms with Crippen molar-refractivity contribution in [3.8, 4) is 0 Å². The van der Waals surface area contributed by atoms with Crippen LogP contribution in [0.4, 0.5) is 0 Å². The fourth-order valence-electron chi connectivity index (χ4n) is 0.526. The van der Waals surface area contributed by atoms with Gasteiger partial charge in [0.2, 0.25) is 0 Å². The number of hydrogen-bond acceptors (Lipinski definition) is 2. The molecule has 0 aliphatic carbocycles. The average Bonchev–Trinajstić information content (AvgIpc) is 1.98. The van der Waals surface area contributed by atoms with Crippen molar-refractivity contribution < 1.29 is 0 Å². The summed E-state index contributed by atoms with van der Waals surface area (Å²) in [6.45, 7) is 4.26. The number of nitrogens with zero attached hydrogens (tertiary/aromatic N) is 1. The van der Waals surface area contributed by atoms with Crippen molar-refractivity contribution >= 4 is 27.9 Å². The second-order valence-corrected chi connectivity index (χ2v) is 3.79. The minimum absolute atomic E-state index is 1.05. The highest BCUT2D eigenvalue weighted by Gasteiger charge is 2.12. The first-order valence-corrected chi connectivity index (χ1v) is 4.15. The van der Waals surface area contributed by atoms with Crippen LogP contribution in [0.25, 0.3) is 0 Å². The molecule has 1 rings (SSSR count). The molecule has 8 heavy (non-hydrogen) atoms. The van der Waals surface area contributed by atoms with Gasteiger partial charge in [-0.15, -0.1) is 11.8 Å².